The van der Waals surface area contributed by atoms with E-state index in [1.54, 1.807) is 7.05 Å². The van der Waals surface area contributed by atoms with Crippen LogP contribution in [0.25, 0.3) is 0 Å². The van der Waals surface area contributed by atoms with Crippen molar-refractivity contribution in [3.05, 3.63) is 16.9 Å². The minimum atomic E-state index is -1.57. The lowest BCUT2D eigenvalue weighted by Crippen LogP contribution is -2.26. The number of aldehydes is 1. The maximum atomic E-state index is 10.5. The molecule has 0 saturated heterocycles. The molecule has 0 aliphatic carbocycles. The lowest BCUT2D eigenvalue weighted by atomic mass is 10.1. The molecule has 1 unspecified atom stereocenters. The molecular weight excluding hydrogens is 180 g/mol. The third kappa shape index (κ3) is 1.35. The Hall–Kier alpha value is -0.870. The van der Waals surface area contributed by atoms with E-state index in [1.165, 1.54) is 17.8 Å². The lowest BCUT2D eigenvalue weighted by Gasteiger charge is -2.16. The second-order valence-electron chi connectivity index (χ2n) is 2.73. The van der Waals surface area contributed by atoms with Crippen molar-refractivity contribution in [2.75, 3.05) is 0 Å². The number of halogens is 1. The first-order valence-electron chi connectivity index (χ1n) is 3.35. The molecular formula is C7H9ClN2O2. The summed E-state index contributed by atoms with van der Waals surface area (Å²) in [6.45, 7) is 1.36. The Morgan fingerprint density at radius 1 is 1.83 bits per heavy atom. The molecule has 1 atom stereocenters. The summed E-state index contributed by atoms with van der Waals surface area (Å²) in [5.41, 5.74) is -1.26. The molecule has 0 aromatic carbocycles. The molecule has 0 aliphatic rings. The largest absolute Gasteiger partial charge is 0.376 e. The highest BCUT2D eigenvalue weighted by Crippen LogP contribution is 2.25. The maximum absolute atomic E-state index is 10.5. The van der Waals surface area contributed by atoms with Crippen LogP contribution in [0.2, 0.25) is 5.02 Å². The summed E-state index contributed by atoms with van der Waals surface area (Å²) in [7, 11) is 1.61. The van der Waals surface area contributed by atoms with Gasteiger partial charge in [-0.3, -0.25) is 9.48 Å². The van der Waals surface area contributed by atoms with Gasteiger partial charge in [0.25, 0.3) is 0 Å². The van der Waals surface area contributed by atoms with Crippen LogP contribution < -0.4 is 0 Å². The number of aliphatic hydroxyl groups is 1. The molecule has 1 N–H and O–H groups in total. The summed E-state index contributed by atoms with van der Waals surface area (Å²) >= 11 is 5.71. The molecule has 66 valence electrons. The number of rotatable bonds is 2. The van der Waals surface area contributed by atoms with Crippen LogP contribution in [0.5, 0.6) is 0 Å². The Bertz CT molecular complexity index is 287. The maximum Gasteiger partial charge on any atom is 0.160 e. The summed E-state index contributed by atoms with van der Waals surface area (Å²) < 4.78 is 1.37. The fourth-order valence-electron chi connectivity index (χ4n) is 1.04. The van der Waals surface area contributed by atoms with E-state index in [1.807, 2.05) is 0 Å². The molecule has 1 aromatic heterocycles. The highest BCUT2D eigenvalue weighted by Gasteiger charge is 2.28. The summed E-state index contributed by atoms with van der Waals surface area (Å²) in [6, 6.07) is 0. The monoisotopic (exact) mass is 188 g/mol. The number of aryl methyl sites for hydroxylation is 1. The fourth-order valence-corrected chi connectivity index (χ4v) is 1.39. The van der Waals surface area contributed by atoms with Gasteiger partial charge in [-0.2, -0.15) is 5.10 Å². The van der Waals surface area contributed by atoms with Crippen LogP contribution >= 0.6 is 11.6 Å². The molecule has 0 saturated carbocycles. The van der Waals surface area contributed by atoms with Crippen LogP contribution in [-0.2, 0) is 17.4 Å². The molecule has 0 bridgehead atoms. The highest BCUT2D eigenvalue weighted by atomic mass is 35.5. The van der Waals surface area contributed by atoms with E-state index >= 15 is 0 Å². The normalized spacial score (nSPS) is 15.7. The van der Waals surface area contributed by atoms with Gasteiger partial charge in [-0.25, -0.2) is 0 Å². The van der Waals surface area contributed by atoms with E-state index in [9.17, 15) is 9.90 Å². The molecule has 0 amide bonds. The van der Waals surface area contributed by atoms with Crippen molar-refractivity contribution in [2.24, 2.45) is 7.05 Å². The third-order valence-corrected chi connectivity index (χ3v) is 1.88. The predicted molar refractivity (Wildman–Crippen MR) is 43.9 cm³/mol. The van der Waals surface area contributed by atoms with Gasteiger partial charge >= 0.3 is 0 Å². The molecule has 1 rings (SSSR count). The number of nitrogens with zero attached hydrogens (tertiary/aromatic N) is 2. The van der Waals surface area contributed by atoms with Gasteiger partial charge in [0.1, 0.15) is 0 Å². The van der Waals surface area contributed by atoms with Crippen LogP contribution in [0, 0.1) is 0 Å². The van der Waals surface area contributed by atoms with Gasteiger partial charge in [-0.1, -0.05) is 11.6 Å². The summed E-state index contributed by atoms with van der Waals surface area (Å²) in [4.78, 5) is 10.5. The molecule has 0 aliphatic heterocycles. The van der Waals surface area contributed by atoms with Gasteiger partial charge in [0, 0.05) is 7.05 Å². The average molecular weight is 189 g/mol. The van der Waals surface area contributed by atoms with Crippen LogP contribution in [0.4, 0.5) is 0 Å². The molecule has 5 heteroatoms. The van der Waals surface area contributed by atoms with Crippen molar-refractivity contribution in [1.82, 2.24) is 9.78 Å². The standard InChI is InChI=1S/C7H9ClN2O2/c1-7(12,4-11)6-5(8)3-9-10(6)2/h3-4,12H,1-2H3. The Morgan fingerprint density at radius 3 is 2.75 bits per heavy atom. The second kappa shape index (κ2) is 2.88. The molecule has 0 radical (unpaired) electrons. The van der Waals surface area contributed by atoms with Crippen LogP contribution in [0.15, 0.2) is 6.20 Å². The quantitative estimate of drug-likeness (QED) is 0.687. The highest BCUT2D eigenvalue weighted by molar-refractivity contribution is 6.31. The zero-order valence-electron chi connectivity index (χ0n) is 6.78. The summed E-state index contributed by atoms with van der Waals surface area (Å²) in [5, 5.41) is 13.6. The first-order valence-corrected chi connectivity index (χ1v) is 3.73. The van der Waals surface area contributed by atoms with Gasteiger partial charge in [0.15, 0.2) is 11.9 Å². The number of carbonyl (C=O) groups excluding carboxylic acids is 1. The molecule has 0 fully saturated rings. The van der Waals surface area contributed by atoms with Gasteiger partial charge in [0.2, 0.25) is 0 Å². The SMILES string of the molecule is Cn1ncc(Cl)c1C(C)(O)C=O. The molecule has 0 spiro atoms. The first kappa shape index (κ1) is 9.22. The van der Waals surface area contributed by atoms with E-state index < -0.39 is 5.60 Å². The molecule has 4 nitrogen and oxygen atoms in total. The zero-order chi connectivity index (χ0) is 9.35. The number of hydrogen-bond acceptors (Lipinski definition) is 3. The first-order chi connectivity index (χ1) is 5.49. The Morgan fingerprint density at radius 2 is 2.42 bits per heavy atom. The van der Waals surface area contributed by atoms with E-state index in [-0.39, 0.29) is 5.02 Å². The number of carbonyl (C=O) groups is 1. The van der Waals surface area contributed by atoms with Gasteiger partial charge in [-0.15, -0.1) is 0 Å². The Kier molecular flexibility index (Phi) is 2.21. The van der Waals surface area contributed by atoms with E-state index in [2.05, 4.69) is 5.10 Å². The fraction of sp³-hybridized carbons (Fsp3) is 0.429. The van der Waals surface area contributed by atoms with Gasteiger partial charge in [-0.05, 0) is 6.92 Å². The minimum absolute atomic E-state index is 0.287. The number of aromatic nitrogens is 2. The topological polar surface area (TPSA) is 55.1 Å². The second-order valence-corrected chi connectivity index (χ2v) is 3.14. The van der Waals surface area contributed by atoms with Crippen molar-refractivity contribution in [3.8, 4) is 0 Å². The lowest BCUT2D eigenvalue weighted by molar-refractivity contribution is -0.123. The van der Waals surface area contributed by atoms with Crippen molar-refractivity contribution in [1.29, 1.82) is 0 Å². The van der Waals surface area contributed by atoms with Crippen molar-refractivity contribution in [3.63, 3.8) is 0 Å². The molecule has 1 heterocycles. The summed E-state index contributed by atoms with van der Waals surface area (Å²) in [5.74, 6) is 0. The van der Waals surface area contributed by atoms with Crippen LogP contribution in [0.3, 0.4) is 0 Å². The van der Waals surface area contributed by atoms with Crippen molar-refractivity contribution in [2.45, 2.75) is 12.5 Å². The predicted octanol–water partition coefficient (Wildman–Crippen LogP) is 0.480. The Labute approximate surface area is 74.8 Å². The van der Waals surface area contributed by atoms with Crippen molar-refractivity contribution < 1.29 is 9.90 Å². The van der Waals surface area contributed by atoms with Crippen molar-refractivity contribution >= 4 is 17.9 Å². The van der Waals surface area contributed by atoms with E-state index in [0.29, 0.717) is 12.0 Å². The molecule has 1 aromatic rings. The van der Waals surface area contributed by atoms with Crippen LogP contribution in [-0.4, -0.2) is 21.2 Å². The zero-order valence-corrected chi connectivity index (χ0v) is 7.54. The van der Waals surface area contributed by atoms with Gasteiger partial charge in [0.05, 0.1) is 16.9 Å². The molecule has 12 heavy (non-hydrogen) atoms. The third-order valence-electron chi connectivity index (χ3n) is 1.60. The van der Waals surface area contributed by atoms with E-state index in [0.717, 1.165) is 0 Å². The number of hydrogen-bond donors (Lipinski definition) is 1. The Balaban J connectivity index is 3.25. The van der Waals surface area contributed by atoms with Gasteiger partial charge < -0.3 is 5.11 Å². The van der Waals surface area contributed by atoms with Crippen LogP contribution in [0.1, 0.15) is 12.6 Å². The van der Waals surface area contributed by atoms with E-state index in [4.69, 9.17) is 11.6 Å². The average Bonchev–Trinajstić information content (AvgIpc) is 2.31. The summed E-state index contributed by atoms with van der Waals surface area (Å²) in [6.07, 6.45) is 1.81. The minimum Gasteiger partial charge on any atom is -0.376 e. The smallest absolute Gasteiger partial charge is 0.160 e.